The predicted molar refractivity (Wildman–Crippen MR) is 102 cm³/mol. The molecule has 0 aliphatic carbocycles. The molecule has 3 aromatic rings. The Labute approximate surface area is 161 Å². The molecule has 5 heterocycles. The number of aryl methyl sites for hydroxylation is 1. The Bertz CT molecular complexity index is 1060. The quantitative estimate of drug-likeness (QED) is 0.649. The topological polar surface area (TPSA) is 75.4 Å². The summed E-state index contributed by atoms with van der Waals surface area (Å²) in [6.45, 7) is 2.75. The van der Waals surface area contributed by atoms with E-state index in [1.165, 1.54) is 12.1 Å². The highest BCUT2D eigenvalue weighted by molar-refractivity contribution is 5.99. The van der Waals surface area contributed by atoms with Gasteiger partial charge in [-0.25, -0.2) is 13.9 Å². The number of nitrogens with one attached hydrogen (secondary N) is 1. The zero-order valence-electron chi connectivity index (χ0n) is 15.6. The Morgan fingerprint density at radius 2 is 2.14 bits per heavy atom. The van der Waals surface area contributed by atoms with Gasteiger partial charge in [0.1, 0.15) is 17.2 Å². The van der Waals surface area contributed by atoms with Crippen molar-refractivity contribution >= 4 is 17.4 Å². The van der Waals surface area contributed by atoms with Gasteiger partial charge in [0.05, 0.1) is 17.9 Å². The van der Waals surface area contributed by atoms with Gasteiger partial charge in [-0.3, -0.25) is 9.78 Å². The number of anilines is 1. The van der Waals surface area contributed by atoms with E-state index in [0.29, 0.717) is 24.1 Å². The lowest BCUT2D eigenvalue weighted by molar-refractivity contribution is 0.0940. The van der Waals surface area contributed by atoms with Crippen molar-refractivity contribution in [2.75, 3.05) is 11.4 Å². The number of carbonyl (C=O) groups is 1. The van der Waals surface area contributed by atoms with Gasteiger partial charge < -0.3 is 10.2 Å². The van der Waals surface area contributed by atoms with Crippen molar-refractivity contribution in [3.8, 4) is 0 Å². The van der Waals surface area contributed by atoms with Crippen LogP contribution in [0, 0.1) is 5.82 Å². The molecule has 3 aromatic heterocycles. The lowest BCUT2D eigenvalue weighted by atomic mass is 10.1. The van der Waals surface area contributed by atoms with Crippen LogP contribution in [0.15, 0.2) is 30.6 Å². The van der Waals surface area contributed by atoms with Crippen molar-refractivity contribution in [1.29, 1.82) is 0 Å². The van der Waals surface area contributed by atoms with E-state index in [9.17, 15) is 9.18 Å². The fourth-order valence-electron chi connectivity index (χ4n) is 4.14. The number of hydrogen-bond acceptors (Lipinski definition) is 5. The van der Waals surface area contributed by atoms with Crippen LogP contribution in [0.25, 0.3) is 5.65 Å². The molecule has 1 fully saturated rings. The van der Waals surface area contributed by atoms with Gasteiger partial charge in [0.2, 0.25) is 0 Å². The average Bonchev–Trinajstić information content (AvgIpc) is 3.31. The molecule has 0 saturated carbocycles. The molecule has 2 atom stereocenters. The molecule has 1 N–H and O–H groups in total. The maximum Gasteiger partial charge on any atom is 0.256 e. The zero-order chi connectivity index (χ0) is 19.3. The third kappa shape index (κ3) is 2.89. The molecule has 144 valence electrons. The third-order valence-corrected chi connectivity index (χ3v) is 5.56. The number of nitrogens with zero attached hydrogens (tertiary/aromatic N) is 5. The lowest BCUT2D eigenvalue weighted by Crippen LogP contribution is -2.33. The van der Waals surface area contributed by atoms with Gasteiger partial charge in [-0.05, 0) is 50.8 Å². The molecule has 28 heavy (non-hydrogen) atoms. The van der Waals surface area contributed by atoms with Crippen LogP contribution in [-0.2, 0) is 6.42 Å². The first kappa shape index (κ1) is 17.1. The number of rotatable bonds is 0. The van der Waals surface area contributed by atoms with Crippen LogP contribution in [-0.4, -0.2) is 38.1 Å². The van der Waals surface area contributed by atoms with Crippen LogP contribution in [0.3, 0.4) is 0 Å². The molecule has 1 saturated heterocycles. The second-order valence-electron chi connectivity index (χ2n) is 7.58. The maximum atomic E-state index is 14.3. The van der Waals surface area contributed by atoms with Crippen LogP contribution in [0.5, 0.6) is 0 Å². The second-order valence-corrected chi connectivity index (χ2v) is 7.58. The summed E-state index contributed by atoms with van der Waals surface area (Å²) in [6.07, 6.45) is 6.52. The van der Waals surface area contributed by atoms with Crippen molar-refractivity contribution in [3.63, 3.8) is 0 Å². The molecule has 0 aromatic carbocycles. The number of carbonyl (C=O) groups excluding carboxylic acids is 1. The second kappa shape index (κ2) is 6.54. The highest BCUT2D eigenvalue weighted by Gasteiger charge is 2.30. The molecular weight excluding hydrogens is 359 g/mol. The van der Waals surface area contributed by atoms with Crippen LogP contribution < -0.4 is 10.2 Å². The summed E-state index contributed by atoms with van der Waals surface area (Å²) in [6, 6.07) is 4.81. The first-order chi connectivity index (χ1) is 13.6. The molecule has 0 unspecified atom stereocenters. The van der Waals surface area contributed by atoms with Gasteiger partial charge in [0.15, 0.2) is 5.65 Å². The smallest absolute Gasteiger partial charge is 0.256 e. The molecule has 0 radical (unpaired) electrons. The van der Waals surface area contributed by atoms with E-state index >= 15 is 0 Å². The summed E-state index contributed by atoms with van der Waals surface area (Å²) in [5.74, 6) is 0.287. The van der Waals surface area contributed by atoms with Crippen molar-refractivity contribution in [1.82, 2.24) is 24.9 Å². The van der Waals surface area contributed by atoms with E-state index in [0.717, 1.165) is 36.6 Å². The maximum absolute atomic E-state index is 14.3. The van der Waals surface area contributed by atoms with Gasteiger partial charge in [0.25, 0.3) is 5.91 Å². The molecule has 5 rings (SSSR count). The van der Waals surface area contributed by atoms with Crippen LogP contribution in [0.1, 0.15) is 54.0 Å². The standard InChI is InChI=1S/C20H21FN6O/c1-12-4-5-14-9-13(21)10-16(24-14)17-3-2-7-26(17)18-6-8-27-19(25-18)15(11-22-27)20(28)23-12/h6,8-12,17H,2-5,7H2,1H3,(H,23,28)/t12-,17-/m1/s1. The first-order valence-electron chi connectivity index (χ1n) is 9.67. The van der Waals surface area contributed by atoms with Crippen LogP contribution in [0.2, 0.25) is 0 Å². The Morgan fingerprint density at radius 1 is 1.25 bits per heavy atom. The minimum Gasteiger partial charge on any atom is -0.349 e. The molecule has 4 bridgehead atoms. The van der Waals surface area contributed by atoms with Crippen LogP contribution >= 0.6 is 0 Å². The van der Waals surface area contributed by atoms with E-state index in [1.807, 2.05) is 19.2 Å². The summed E-state index contributed by atoms with van der Waals surface area (Å²) in [5, 5.41) is 7.25. The Kier molecular flexibility index (Phi) is 3.99. The minimum absolute atomic E-state index is 0.0232. The molecule has 2 aliphatic rings. The summed E-state index contributed by atoms with van der Waals surface area (Å²) >= 11 is 0. The minimum atomic E-state index is -0.267. The van der Waals surface area contributed by atoms with Crippen molar-refractivity contribution in [2.45, 2.75) is 44.7 Å². The zero-order valence-corrected chi connectivity index (χ0v) is 15.6. The average molecular weight is 380 g/mol. The summed E-state index contributed by atoms with van der Waals surface area (Å²) in [4.78, 5) is 24.4. The highest BCUT2D eigenvalue weighted by atomic mass is 19.1. The molecular formula is C20H21FN6O. The summed E-state index contributed by atoms with van der Waals surface area (Å²) < 4.78 is 15.9. The molecule has 8 heteroatoms. The fourth-order valence-corrected chi connectivity index (χ4v) is 4.14. The number of amides is 1. The molecule has 2 aliphatic heterocycles. The van der Waals surface area contributed by atoms with Crippen molar-refractivity contribution < 1.29 is 9.18 Å². The van der Waals surface area contributed by atoms with Gasteiger partial charge in [-0.2, -0.15) is 5.10 Å². The predicted octanol–water partition coefficient (Wildman–Crippen LogP) is 2.67. The van der Waals surface area contributed by atoms with E-state index in [1.54, 1.807) is 10.7 Å². The molecule has 1 amide bonds. The normalized spacial score (nSPS) is 22.2. The Balaban J connectivity index is 1.67. The van der Waals surface area contributed by atoms with Gasteiger partial charge in [0, 0.05) is 24.5 Å². The summed E-state index contributed by atoms with van der Waals surface area (Å²) in [7, 11) is 0. The third-order valence-electron chi connectivity index (χ3n) is 5.56. The van der Waals surface area contributed by atoms with Crippen LogP contribution in [0.4, 0.5) is 10.2 Å². The van der Waals surface area contributed by atoms with Gasteiger partial charge in [-0.15, -0.1) is 0 Å². The monoisotopic (exact) mass is 380 g/mol. The summed E-state index contributed by atoms with van der Waals surface area (Å²) in [5.41, 5.74) is 2.45. The van der Waals surface area contributed by atoms with Crippen molar-refractivity contribution in [2.24, 2.45) is 0 Å². The fraction of sp³-hybridized carbons (Fsp3) is 0.400. The lowest BCUT2D eigenvalue weighted by Gasteiger charge is -2.26. The largest absolute Gasteiger partial charge is 0.349 e. The number of fused-ring (bicyclic) bond motifs is 6. The number of hydrogen-bond donors (Lipinski definition) is 1. The van der Waals surface area contributed by atoms with Crippen molar-refractivity contribution in [3.05, 3.63) is 53.4 Å². The van der Waals surface area contributed by atoms with E-state index < -0.39 is 0 Å². The first-order valence-corrected chi connectivity index (χ1v) is 9.67. The molecule has 7 nitrogen and oxygen atoms in total. The number of aromatic nitrogens is 4. The Hall–Kier alpha value is -3.03. The van der Waals surface area contributed by atoms with E-state index in [4.69, 9.17) is 9.97 Å². The highest BCUT2D eigenvalue weighted by Crippen LogP contribution is 2.35. The SMILES string of the molecule is C[C@@H]1CCc2cc(F)cc(n2)[C@H]2CCCN2c2ccn3ncc(c3n2)C(=O)N1. The van der Waals surface area contributed by atoms with E-state index in [2.05, 4.69) is 15.3 Å². The number of halogens is 1. The van der Waals surface area contributed by atoms with E-state index in [-0.39, 0.29) is 23.8 Å². The number of pyridine rings is 1. The Morgan fingerprint density at radius 3 is 3.04 bits per heavy atom. The van der Waals surface area contributed by atoms with Gasteiger partial charge in [-0.1, -0.05) is 0 Å². The van der Waals surface area contributed by atoms with Gasteiger partial charge >= 0.3 is 0 Å². The molecule has 0 spiro atoms.